The average molecular weight is 942 g/mol. The second kappa shape index (κ2) is 18.8. The van der Waals surface area contributed by atoms with Gasteiger partial charge in [-0.2, -0.15) is 5.10 Å². The third kappa shape index (κ3) is 9.05. The minimum absolute atomic E-state index is 0.0437. The molecule has 2 fully saturated rings. The molecule has 2 aromatic carbocycles. The number of aromatic nitrogens is 5. The zero-order chi connectivity index (χ0) is 48.1. The Bertz CT molecular complexity index is 3070. The van der Waals surface area contributed by atoms with Gasteiger partial charge in [0.15, 0.2) is 0 Å². The average Bonchev–Trinajstić information content (AvgIpc) is 3.91. The van der Waals surface area contributed by atoms with Crippen LogP contribution < -0.4 is 21.5 Å². The molecule has 15 nitrogen and oxygen atoms in total. The number of fused-ring (bicyclic) bond motifs is 2. The number of benzene rings is 2. The lowest BCUT2D eigenvalue weighted by molar-refractivity contribution is -0.133. The molecule has 6 aromatic rings. The van der Waals surface area contributed by atoms with E-state index in [0.29, 0.717) is 62.4 Å². The molecule has 69 heavy (non-hydrogen) atoms. The van der Waals surface area contributed by atoms with Crippen LogP contribution >= 0.6 is 0 Å². The van der Waals surface area contributed by atoms with Gasteiger partial charge in [0.1, 0.15) is 29.1 Å². The summed E-state index contributed by atoms with van der Waals surface area (Å²) in [5.41, 5.74) is 6.24. The first kappa shape index (κ1) is 45.7. The molecule has 18 heteroatoms. The molecule has 4 aliphatic heterocycles. The topological polar surface area (TPSA) is 155 Å². The summed E-state index contributed by atoms with van der Waals surface area (Å²) in [5, 5.41) is 14.0. The van der Waals surface area contributed by atoms with Crippen molar-refractivity contribution in [2.45, 2.75) is 76.7 Å². The molecule has 358 valence electrons. The van der Waals surface area contributed by atoms with Crippen LogP contribution in [0.15, 0.2) is 83.9 Å². The predicted molar refractivity (Wildman–Crippen MR) is 255 cm³/mol. The molecule has 2 saturated heterocycles. The van der Waals surface area contributed by atoms with Crippen LogP contribution in [0.3, 0.4) is 0 Å². The Balaban J connectivity index is 0.741. The number of likely N-dealkylation sites (tertiary alicyclic amines) is 1. The molecule has 2 atom stereocenters. The van der Waals surface area contributed by atoms with Gasteiger partial charge in [0.25, 0.3) is 11.5 Å². The first-order valence-corrected chi connectivity index (χ1v) is 23.6. The molecule has 8 heterocycles. The van der Waals surface area contributed by atoms with Gasteiger partial charge in [-0.05, 0) is 111 Å². The van der Waals surface area contributed by atoms with Crippen molar-refractivity contribution < 1.29 is 27.6 Å². The van der Waals surface area contributed by atoms with Crippen molar-refractivity contribution in [2.24, 2.45) is 7.05 Å². The molecule has 10 rings (SSSR count). The number of hydrogen-bond donors (Lipinski definition) is 3. The minimum Gasteiger partial charge on any atom is -0.388 e. The zero-order valence-corrected chi connectivity index (χ0v) is 38.8. The van der Waals surface area contributed by atoms with Crippen molar-refractivity contribution in [2.75, 3.05) is 50.4 Å². The third-order valence-electron chi connectivity index (χ3n) is 14.4. The van der Waals surface area contributed by atoms with Gasteiger partial charge >= 0.3 is 0 Å². The van der Waals surface area contributed by atoms with E-state index in [2.05, 4.69) is 43.7 Å². The summed E-state index contributed by atoms with van der Waals surface area (Å²) >= 11 is 0. The molecule has 4 aromatic heterocycles. The summed E-state index contributed by atoms with van der Waals surface area (Å²) in [4.78, 5) is 61.1. The van der Waals surface area contributed by atoms with E-state index in [4.69, 9.17) is 5.10 Å². The largest absolute Gasteiger partial charge is 0.388 e. The van der Waals surface area contributed by atoms with E-state index in [1.165, 1.54) is 6.07 Å². The Morgan fingerprint density at radius 3 is 2.39 bits per heavy atom. The summed E-state index contributed by atoms with van der Waals surface area (Å²) in [6, 6.07) is 15.9. The van der Waals surface area contributed by atoms with Crippen molar-refractivity contribution in [3.05, 3.63) is 141 Å². The van der Waals surface area contributed by atoms with Crippen molar-refractivity contribution in [1.82, 2.24) is 43.9 Å². The molecular weight excluding hydrogens is 888 g/mol. The number of aryl methyl sites for hydroxylation is 1. The van der Waals surface area contributed by atoms with E-state index in [-0.39, 0.29) is 53.3 Å². The Hall–Kier alpha value is -7.05. The van der Waals surface area contributed by atoms with E-state index in [0.717, 1.165) is 77.6 Å². The van der Waals surface area contributed by atoms with Crippen molar-refractivity contribution >= 4 is 45.7 Å². The van der Waals surface area contributed by atoms with Crippen molar-refractivity contribution in [1.29, 1.82) is 0 Å². The first-order chi connectivity index (χ1) is 33.3. The zero-order valence-electron chi connectivity index (χ0n) is 38.8. The second-order valence-corrected chi connectivity index (χ2v) is 18.5. The SMILES string of the molecule is CNc1ccn(-c2ccnc3c2cc([C@H](C)N2CC=C(c4c(F)cc(C(=O)N5CCn6nc(CN7CCC(c8ccc(NC9CCC(=O)NC9=O)cc8F)CC7)cc6C5)cc4F)CC2)n3C)c(=O)c1. The maximum absolute atomic E-state index is 15.9. The van der Waals surface area contributed by atoms with Gasteiger partial charge in [-0.3, -0.25) is 43.5 Å². The first-order valence-electron chi connectivity index (χ1n) is 23.6. The fourth-order valence-corrected chi connectivity index (χ4v) is 10.5. The summed E-state index contributed by atoms with van der Waals surface area (Å²) in [6.07, 6.45) is 7.82. The number of amides is 3. The Labute approximate surface area is 396 Å². The lowest BCUT2D eigenvalue weighted by atomic mass is 9.89. The Kier molecular flexibility index (Phi) is 12.5. The number of hydrogen-bond acceptors (Lipinski definition) is 10. The third-order valence-corrected chi connectivity index (χ3v) is 14.4. The molecule has 0 aliphatic carbocycles. The van der Waals surface area contributed by atoms with Gasteiger partial charge in [0.2, 0.25) is 11.8 Å². The van der Waals surface area contributed by atoms with Gasteiger partial charge in [-0.1, -0.05) is 12.1 Å². The van der Waals surface area contributed by atoms with Gasteiger partial charge in [-0.25, -0.2) is 18.2 Å². The lowest BCUT2D eigenvalue weighted by Gasteiger charge is -2.32. The number of nitrogens with zero attached hydrogens (tertiary/aromatic N) is 8. The number of rotatable bonds is 11. The van der Waals surface area contributed by atoms with Crippen LogP contribution in [0.2, 0.25) is 0 Å². The Morgan fingerprint density at radius 1 is 0.884 bits per heavy atom. The predicted octanol–water partition coefficient (Wildman–Crippen LogP) is 6.48. The van der Waals surface area contributed by atoms with Crippen LogP contribution in [0.1, 0.15) is 89.6 Å². The monoisotopic (exact) mass is 941 g/mol. The number of halogens is 3. The van der Waals surface area contributed by atoms with Gasteiger partial charge in [0, 0.05) is 105 Å². The molecule has 1 unspecified atom stereocenters. The Morgan fingerprint density at radius 2 is 1.68 bits per heavy atom. The highest BCUT2D eigenvalue weighted by atomic mass is 19.1. The summed E-state index contributed by atoms with van der Waals surface area (Å²) in [5.74, 6) is -2.98. The number of pyridine rings is 2. The summed E-state index contributed by atoms with van der Waals surface area (Å²) in [7, 11) is 3.71. The molecule has 4 aliphatic rings. The number of anilines is 2. The highest BCUT2D eigenvalue weighted by Crippen LogP contribution is 2.35. The van der Waals surface area contributed by atoms with E-state index in [9.17, 15) is 19.2 Å². The van der Waals surface area contributed by atoms with Crippen LogP contribution in [0, 0.1) is 17.5 Å². The van der Waals surface area contributed by atoms with Crippen LogP contribution in [0.25, 0.3) is 22.3 Å². The molecule has 0 saturated carbocycles. The van der Waals surface area contributed by atoms with Gasteiger partial charge in [0.05, 0.1) is 30.2 Å². The molecule has 0 bridgehead atoms. The number of nitrogens with one attached hydrogen (secondary N) is 3. The number of imide groups is 1. The van der Waals surface area contributed by atoms with Gasteiger partial charge < -0.3 is 20.1 Å². The molecular formula is C51H54F3N11O4. The molecule has 3 amide bonds. The van der Waals surface area contributed by atoms with Crippen molar-refractivity contribution in [3.8, 4) is 5.69 Å². The minimum atomic E-state index is -0.772. The highest BCUT2D eigenvalue weighted by Gasteiger charge is 2.31. The lowest BCUT2D eigenvalue weighted by Crippen LogP contribution is -2.47. The standard InChI is InChI=1S/C51H54F3N11O4/c1-30(45-27-39-44(8-14-56-49(39)60(45)3)64-19-13-34(55-2)26-47(64)67)62-17-11-32(12-18-62)48-41(53)22-33(23-42(48)54)51(69)63-20-21-65-37(29-63)24-36(59-65)28-61-15-9-31(10-16-61)38-5-4-35(25-40(38)52)57-43-6-7-46(66)58-50(43)68/h4-5,8,11,13-14,19,22-27,30-31,43,55,57H,6-7,9-10,12,15-18,20-21,28-29H2,1-3H3,(H,58,66,68)/t30-,43?/m0/s1. The maximum Gasteiger partial charge on any atom is 0.257 e. The number of carbonyl (C=O) groups excluding carboxylic acids is 3. The smallest absolute Gasteiger partial charge is 0.257 e. The summed E-state index contributed by atoms with van der Waals surface area (Å²) in [6.45, 7) is 6.21. The van der Waals surface area contributed by atoms with Crippen LogP contribution in [-0.2, 0) is 36.3 Å². The van der Waals surface area contributed by atoms with Crippen LogP contribution in [-0.4, -0.2) is 102 Å². The van der Waals surface area contributed by atoms with E-state index < -0.39 is 29.5 Å². The number of carbonyl (C=O) groups is 3. The van der Waals surface area contributed by atoms with Crippen LogP contribution in [0.4, 0.5) is 24.5 Å². The van der Waals surface area contributed by atoms with Gasteiger partial charge in [-0.15, -0.1) is 0 Å². The second-order valence-electron chi connectivity index (χ2n) is 18.5. The van der Waals surface area contributed by atoms with E-state index in [1.807, 2.05) is 40.6 Å². The van der Waals surface area contributed by atoms with E-state index >= 15 is 13.2 Å². The highest BCUT2D eigenvalue weighted by molar-refractivity contribution is 6.01. The van der Waals surface area contributed by atoms with Crippen molar-refractivity contribution in [3.63, 3.8) is 0 Å². The molecule has 3 N–H and O–H groups in total. The fraction of sp³-hybridized carbons (Fsp3) is 0.373. The fourth-order valence-electron chi connectivity index (χ4n) is 10.5. The summed E-state index contributed by atoms with van der Waals surface area (Å²) < 4.78 is 52.7. The van der Waals surface area contributed by atoms with Crippen LogP contribution in [0.5, 0.6) is 0 Å². The van der Waals surface area contributed by atoms with E-state index in [1.54, 1.807) is 47.1 Å². The normalized spacial score (nSPS) is 18.8. The quantitative estimate of drug-likeness (QED) is 0.123. The molecule has 0 radical (unpaired) electrons. The molecule has 0 spiro atoms. The maximum atomic E-state index is 15.9. The number of piperidine rings is 2.